The Labute approximate surface area is 104 Å². The second-order valence-electron chi connectivity index (χ2n) is 3.54. The Balaban J connectivity index is 2.26. The molecule has 0 bridgehead atoms. The molecule has 2 rings (SSSR count). The third-order valence-electron chi connectivity index (χ3n) is 2.33. The SMILES string of the molecule is COc1cccc(Oc2ccc(C#N)cc2F)c1. The summed E-state index contributed by atoms with van der Waals surface area (Å²) in [5.74, 6) is 0.596. The standard InChI is InChI=1S/C14H10FNO2/c1-17-11-3-2-4-12(8-11)18-14-6-5-10(9-16)7-13(14)15/h2-8H,1H3. The molecule has 18 heavy (non-hydrogen) atoms. The smallest absolute Gasteiger partial charge is 0.167 e. The normalized spacial score (nSPS) is 9.61. The summed E-state index contributed by atoms with van der Waals surface area (Å²) in [6.45, 7) is 0. The van der Waals surface area contributed by atoms with Crippen LogP contribution < -0.4 is 9.47 Å². The van der Waals surface area contributed by atoms with Gasteiger partial charge in [0, 0.05) is 6.07 Å². The fraction of sp³-hybridized carbons (Fsp3) is 0.0714. The summed E-state index contributed by atoms with van der Waals surface area (Å²) in [4.78, 5) is 0. The summed E-state index contributed by atoms with van der Waals surface area (Å²) in [5, 5.41) is 8.64. The number of nitriles is 1. The first kappa shape index (κ1) is 11.9. The van der Waals surface area contributed by atoms with Gasteiger partial charge in [-0.25, -0.2) is 4.39 Å². The van der Waals surface area contributed by atoms with E-state index in [1.54, 1.807) is 31.4 Å². The summed E-state index contributed by atoms with van der Waals surface area (Å²) in [7, 11) is 1.54. The van der Waals surface area contributed by atoms with Gasteiger partial charge in [-0.2, -0.15) is 5.26 Å². The summed E-state index contributed by atoms with van der Waals surface area (Å²) in [6, 6.07) is 12.8. The zero-order chi connectivity index (χ0) is 13.0. The Morgan fingerprint density at radius 1 is 1.11 bits per heavy atom. The van der Waals surface area contributed by atoms with Crippen LogP contribution in [0.1, 0.15) is 5.56 Å². The van der Waals surface area contributed by atoms with E-state index in [-0.39, 0.29) is 11.3 Å². The average Bonchev–Trinajstić information content (AvgIpc) is 2.41. The lowest BCUT2D eigenvalue weighted by atomic mass is 10.2. The van der Waals surface area contributed by atoms with Crippen molar-refractivity contribution in [2.75, 3.05) is 7.11 Å². The minimum atomic E-state index is -0.572. The molecule has 0 aromatic heterocycles. The first-order chi connectivity index (χ1) is 8.72. The molecule has 0 spiro atoms. The van der Waals surface area contributed by atoms with Crippen molar-refractivity contribution in [3.05, 3.63) is 53.8 Å². The number of hydrogen-bond acceptors (Lipinski definition) is 3. The minimum Gasteiger partial charge on any atom is -0.497 e. The summed E-state index contributed by atoms with van der Waals surface area (Å²) >= 11 is 0. The Hall–Kier alpha value is -2.54. The molecule has 0 atom stereocenters. The van der Waals surface area contributed by atoms with Gasteiger partial charge in [0.25, 0.3) is 0 Å². The largest absolute Gasteiger partial charge is 0.497 e. The molecule has 2 aromatic carbocycles. The van der Waals surface area contributed by atoms with Crippen LogP contribution in [0.25, 0.3) is 0 Å². The van der Waals surface area contributed by atoms with E-state index in [4.69, 9.17) is 14.7 Å². The Morgan fingerprint density at radius 3 is 2.56 bits per heavy atom. The Morgan fingerprint density at radius 2 is 1.89 bits per heavy atom. The number of ether oxygens (including phenoxy) is 2. The van der Waals surface area contributed by atoms with Gasteiger partial charge in [0.15, 0.2) is 11.6 Å². The molecule has 0 saturated carbocycles. The van der Waals surface area contributed by atoms with Crippen LogP contribution >= 0.6 is 0 Å². The van der Waals surface area contributed by atoms with E-state index >= 15 is 0 Å². The van der Waals surface area contributed by atoms with E-state index in [0.717, 1.165) is 6.07 Å². The van der Waals surface area contributed by atoms with Crippen LogP contribution in [0.5, 0.6) is 17.2 Å². The van der Waals surface area contributed by atoms with Gasteiger partial charge in [0.1, 0.15) is 11.5 Å². The molecule has 0 radical (unpaired) electrons. The molecule has 0 amide bonds. The van der Waals surface area contributed by atoms with Crippen LogP contribution in [-0.4, -0.2) is 7.11 Å². The summed E-state index contributed by atoms with van der Waals surface area (Å²) in [6.07, 6.45) is 0. The third kappa shape index (κ3) is 2.58. The molecule has 2 aromatic rings. The fourth-order valence-corrected chi connectivity index (χ4v) is 1.44. The van der Waals surface area contributed by atoms with Crippen molar-refractivity contribution in [3.63, 3.8) is 0 Å². The molecule has 4 heteroatoms. The van der Waals surface area contributed by atoms with Crippen molar-refractivity contribution in [1.29, 1.82) is 5.26 Å². The highest BCUT2D eigenvalue weighted by molar-refractivity contribution is 5.40. The van der Waals surface area contributed by atoms with Crippen LogP contribution in [0.15, 0.2) is 42.5 Å². The second-order valence-corrected chi connectivity index (χ2v) is 3.54. The van der Waals surface area contributed by atoms with Gasteiger partial charge in [-0.05, 0) is 30.3 Å². The zero-order valence-corrected chi connectivity index (χ0v) is 9.68. The molecule has 0 unspecified atom stereocenters. The predicted octanol–water partition coefficient (Wildman–Crippen LogP) is 3.50. The van der Waals surface area contributed by atoms with Crippen LogP contribution in [0.3, 0.4) is 0 Å². The van der Waals surface area contributed by atoms with E-state index < -0.39 is 5.82 Å². The summed E-state index contributed by atoms with van der Waals surface area (Å²) in [5.41, 5.74) is 0.255. The first-order valence-corrected chi connectivity index (χ1v) is 5.24. The molecule has 0 aliphatic heterocycles. The molecular weight excluding hydrogens is 233 g/mol. The monoisotopic (exact) mass is 243 g/mol. The van der Waals surface area contributed by atoms with E-state index in [1.165, 1.54) is 12.1 Å². The van der Waals surface area contributed by atoms with Crippen molar-refractivity contribution in [3.8, 4) is 23.3 Å². The molecular formula is C14H10FNO2. The van der Waals surface area contributed by atoms with Gasteiger partial charge < -0.3 is 9.47 Å². The summed E-state index contributed by atoms with van der Waals surface area (Å²) < 4.78 is 24.0. The van der Waals surface area contributed by atoms with E-state index in [1.807, 2.05) is 6.07 Å². The highest BCUT2D eigenvalue weighted by atomic mass is 19.1. The van der Waals surface area contributed by atoms with Crippen LogP contribution in [-0.2, 0) is 0 Å². The van der Waals surface area contributed by atoms with E-state index in [9.17, 15) is 4.39 Å². The van der Waals surface area contributed by atoms with Crippen molar-refractivity contribution in [2.24, 2.45) is 0 Å². The lowest BCUT2D eigenvalue weighted by Gasteiger charge is -2.08. The maximum atomic E-state index is 13.6. The number of benzene rings is 2. The predicted molar refractivity (Wildman–Crippen MR) is 64.2 cm³/mol. The molecule has 0 saturated heterocycles. The fourth-order valence-electron chi connectivity index (χ4n) is 1.44. The minimum absolute atomic E-state index is 0.0715. The van der Waals surface area contributed by atoms with Gasteiger partial charge in [-0.3, -0.25) is 0 Å². The van der Waals surface area contributed by atoms with Crippen molar-refractivity contribution in [2.45, 2.75) is 0 Å². The molecule has 90 valence electrons. The Kier molecular flexibility index (Phi) is 3.44. The van der Waals surface area contributed by atoms with Gasteiger partial charge in [-0.1, -0.05) is 6.07 Å². The van der Waals surface area contributed by atoms with Crippen molar-refractivity contribution < 1.29 is 13.9 Å². The lowest BCUT2D eigenvalue weighted by molar-refractivity contribution is 0.405. The molecule has 0 aliphatic carbocycles. The van der Waals surface area contributed by atoms with E-state index in [2.05, 4.69) is 0 Å². The van der Waals surface area contributed by atoms with E-state index in [0.29, 0.717) is 11.5 Å². The topological polar surface area (TPSA) is 42.2 Å². The maximum Gasteiger partial charge on any atom is 0.167 e. The van der Waals surface area contributed by atoms with Crippen LogP contribution in [0.4, 0.5) is 4.39 Å². The number of halogens is 1. The number of rotatable bonds is 3. The quantitative estimate of drug-likeness (QED) is 0.828. The van der Waals surface area contributed by atoms with Gasteiger partial charge in [-0.15, -0.1) is 0 Å². The first-order valence-electron chi connectivity index (χ1n) is 5.24. The highest BCUT2D eigenvalue weighted by Gasteiger charge is 2.06. The van der Waals surface area contributed by atoms with Gasteiger partial charge in [0.2, 0.25) is 0 Å². The third-order valence-corrected chi connectivity index (χ3v) is 2.33. The second kappa shape index (κ2) is 5.19. The molecule has 0 fully saturated rings. The average molecular weight is 243 g/mol. The van der Waals surface area contributed by atoms with Gasteiger partial charge in [0.05, 0.1) is 18.7 Å². The maximum absolute atomic E-state index is 13.6. The van der Waals surface area contributed by atoms with Crippen molar-refractivity contribution in [1.82, 2.24) is 0 Å². The molecule has 3 nitrogen and oxygen atoms in total. The zero-order valence-electron chi connectivity index (χ0n) is 9.68. The van der Waals surface area contributed by atoms with Crippen LogP contribution in [0, 0.1) is 17.1 Å². The molecule has 0 heterocycles. The number of methoxy groups -OCH3 is 1. The van der Waals surface area contributed by atoms with Gasteiger partial charge >= 0.3 is 0 Å². The number of nitrogens with zero attached hydrogens (tertiary/aromatic N) is 1. The molecule has 0 N–H and O–H groups in total. The molecule has 0 aliphatic rings. The lowest BCUT2D eigenvalue weighted by Crippen LogP contribution is -1.90. The van der Waals surface area contributed by atoms with Crippen LogP contribution in [0.2, 0.25) is 0 Å². The Bertz CT molecular complexity index is 605. The number of hydrogen-bond donors (Lipinski definition) is 0. The highest BCUT2D eigenvalue weighted by Crippen LogP contribution is 2.27. The van der Waals surface area contributed by atoms with Crippen molar-refractivity contribution >= 4 is 0 Å².